The molecule has 0 fully saturated rings. The summed E-state index contributed by atoms with van der Waals surface area (Å²) in [4.78, 5) is 28.7. The molecule has 144 valence electrons. The van der Waals surface area contributed by atoms with E-state index < -0.39 is 18.5 Å². The van der Waals surface area contributed by atoms with Crippen LogP contribution in [0.2, 0.25) is 10.0 Å². The zero-order valence-corrected chi connectivity index (χ0v) is 16.5. The number of aromatic nitrogens is 2. The molecule has 0 atom stereocenters. The summed E-state index contributed by atoms with van der Waals surface area (Å²) in [6.07, 6.45) is 0. The Labute approximate surface area is 170 Å². The molecule has 0 saturated heterocycles. The molecule has 9 heteroatoms. The highest BCUT2D eigenvalue weighted by Gasteiger charge is 2.23. The van der Waals surface area contributed by atoms with Gasteiger partial charge in [-0.15, -0.1) is 0 Å². The van der Waals surface area contributed by atoms with E-state index in [-0.39, 0.29) is 16.4 Å². The summed E-state index contributed by atoms with van der Waals surface area (Å²) in [7, 11) is 0. The monoisotopic (exact) mass is 419 g/mol. The Morgan fingerprint density at radius 3 is 2.57 bits per heavy atom. The number of esters is 1. The second-order valence-corrected chi connectivity index (χ2v) is 6.65. The number of aryl methyl sites for hydroxylation is 2. The first-order chi connectivity index (χ1) is 13.4. The SMILES string of the molecule is Cc1nc(NC(=O)COC(=O)c2c(-c3ccccc3)noc2C)c(Cl)cc1Cl. The number of carbonyl (C=O) groups excluding carboxylic acids is 2. The van der Waals surface area contributed by atoms with Gasteiger partial charge in [-0.2, -0.15) is 0 Å². The Morgan fingerprint density at radius 2 is 1.86 bits per heavy atom. The highest BCUT2D eigenvalue weighted by atomic mass is 35.5. The number of rotatable bonds is 5. The van der Waals surface area contributed by atoms with Gasteiger partial charge in [-0.3, -0.25) is 4.79 Å². The van der Waals surface area contributed by atoms with Gasteiger partial charge in [0.25, 0.3) is 5.91 Å². The van der Waals surface area contributed by atoms with Crippen molar-refractivity contribution in [1.82, 2.24) is 10.1 Å². The summed E-state index contributed by atoms with van der Waals surface area (Å²) in [5, 5.41) is 6.96. The third-order valence-electron chi connectivity index (χ3n) is 3.81. The van der Waals surface area contributed by atoms with Gasteiger partial charge in [-0.1, -0.05) is 58.7 Å². The van der Waals surface area contributed by atoms with Crippen LogP contribution < -0.4 is 5.32 Å². The second kappa shape index (κ2) is 8.41. The Hall–Kier alpha value is -2.90. The number of pyridine rings is 1. The summed E-state index contributed by atoms with van der Waals surface area (Å²) in [5.41, 5.74) is 1.72. The summed E-state index contributed by atoms with van der Waals surface area (Å²) in [6.45, 7) is 2.74. The fourth-order valence-electron chi connectivity index (χ4n) is 2.42. The molecule has 0 bridgehead atoms. The number of nitrogens with zero attached hydrogens (tertiary/aromatic N) is 2. The fourth-order valence-corrected chi connectivity index (χ4v) is 2.83. The smallest absolute Gasteiger partial charge is 0.344 e. The third kappa shape index (κ3) is 4.32. The van der Waals surface area contributed by atoms with Gasteiger partial charge in [0.1, 0.15) is 17.0 Å². The zero-order chi connectivity index (χ0) is 20.3. The Bertz CT molecular complexity index is 1040. The second-order valence-electron chi connectivity index (χ2n) is 5.84. The van der Waals surface area contributed by atoms with Crippen LogP contribution in [0.1, 0.15) is 21.8 Å². The van der Waals surface area contributed by atoms with Gasteiger partial charge in [0.2, 0.25) is 0 Å². The Morgan fingerprint density at radius 1 is 1.14 bits per heavy atom. The van der Waals surface area contributed by atoms with Crippen LogP contribution in [0.5, 0.6) is 0 Å². The number of ether oxygens (including phenoxy) is 1. The lowest BCUT2D eigenvalue weighted by molar-refractivity contribution is -0.119. The highest BCUT2D eigenvalue weighted by Crippen LogP contribution is 2.27. The molecule has 0 aliphatic rings. The van der Waals surface area contributed by atoms with E-state index in [2.05, 4.69) is 15.5 Å². The van der Waals surface area contributed by atoms with E-state index in [0.29, 0.717) is 27.7 Å². The van der Waals surface area contributed by atoms with Crippen molar-refractivity contribution in [2.45, 2.75) is 13.8 Å². The minimum absolute atomic E-state index is 0.135. The predicted molar refractivity (Wildman–Crippen MR) is 105 cm³/mol. The molecule has 0 radical (unpaired) electrons. The lowest BCUT2D eigenvalue weighted by Gasteiger charge is -2.09. The number of anilines is 1. The molecule has 0 spiro atoms. The molecule has 28 heavy (non-hydrogen) atoms. The Kier molecular flexibility index (Phi) is 5.96. The average molecular weight is 420 g/mol. The summed E-state index contributed by atoms with van der Waals surface area (Å²) >= 11 is 11.9. The van der Waals surface area contributed by atoms with Gasteiger partial charge in [0.15, 0.2) is 12.4 Å². The number of carbonyl (C=O) groups is 2. The normalized spacial score (nSPS) is 10.6. The van der Waals surface area contributed by atoms with Crippen molar-refractivity contribution in [1.29, 1.82) is 0 Å². The minimum atomic E-state index is -0.723. The summed E-state index contributed by atoms with van der Waals surface area (Å²) < 4.78 is 10.2. The molecule has 2 aromatic heterocycles. The third-order valence-corrected chi connectivity index (χ3v) is 4.48. The molecule has 1 aromatic carbocycles. The summed E-state index contributed by atoms with van der Waals surface area (Å²) in [6, 6.07) is 10.5. The number of amides is 1. The predicted octanol–water partition coefficient (Wildman–Crippen LogP) is 4.46. The van der Waals surface area contributed by atoms with Crippen LogP contribution in [0.25, 0.3) is 11.3 Å². The summed E-state index contributed by atoms with van der Waals surface area (Å²) in [5.74, 6) is -0.892. The standard InChI is InChI=1S/C19H15Cl2N3O4/c1-10-13(20)8-14(21)18(22-10)23-15(25)9-27-19(26)16-11(2)28-24-17(16)12-6-4-3-5-7-12/h3-8H,9H2,1-2H3,(H,22,23,25). The molecule has 0 unspecified atom stereocenters. The van der Waals surface area contributed by atoms with Crippen LogP contribution >= 0.6 is 23.2 Å². The van der Waals surface area contributed by atoms with Crippen LogP contribution in [-0.4, -0.2) is 28.6 Å². The molecule has 1 N–H and O–H groups in total. The maximum Gasteiger partial charge on any atom is 0.344 e. The molecule has 3 rings (SSSR count). The first kappa shape index (κ1) is 19.9. The first-order valence-corrected chi connectivity index (χ1v) is 8.93. The lowest BCUT2D eigenvalue weighted by Crippen LogP contribution is -2.22. The van der Waals surface area contributed by atoms with Gasteiger partial charge in [0, 0.05) is 5.56 Å². The number of nitrogens with one attached hydrogen (secondary N) is 1. The van der Waals surface area contributed by atoms with Gasteiger partial charge in [-0.05, 0) is 19.9 Å². The van der Waals surface area contributed by atoms with Gasteiger partial charge < -0.3 is 14.6 Å². The molecule has 0 aliphatic heterocycles. The van der Waals surface area contributed by atoms with Crippen LogP contribution in [0.15, 0.2) is 40.9 Å². The number of hydrogen-bond acceptors (Lipinski definition) is 6. The molecule has 2 heterocycles. The van der Waals surface area contributed by atoms with Crippen molar-refractivity contribution >= 4 is 40.9 Å². The largest absolute Gasteiger partial charge is 0.452 e. The average Bonchev–Trinajstić information content (AvgIpc) is 3.06. The molecule has 7 nitrogen and oxygen atoms in total. The maximum atomic E-state index is 12.5. The van der Waals surface area contributed by atoms with Crippen LogP contribution in [0.3, 0.4) is 0 Å². The quantitative estimate of drug-likeness (QED) is 0.613. The molecule has 1 amide bonds. The van der Waals surface area contributed by atoms with E-state index in [0.717, 1.165) is 0 Å². The van der Waals surface area contributed by atoms with Crippen LogP contribution in [-0.2, 0) is 9.53 Å². The van der Waals surface area contributed by atoms with Gasteiger partial charge >= 0.3 is 5.97 Å². The fraction of sp³-hybridized carbons (Fsp3) is 0.158. The van der Waals surface area contributed by atoms with E-state index in [1.807, 2.05) is 18.2 Å². The van der Waals surface area contributed by atoms with E-state index in [9.17, 15) is 9.59 Å². The van der Waals surface area contributed by atoms with E-state index in [4.69, 9.17) is 32.5 Å². The van der Waals surface area contributed by atoms with E-state index in [1.165, 1.54) is 6.07 Å². The van der Waals surface area contributed by atoms with Crippen molar-refractivity contribution in [3.8, 4) is 11.3 Å². The maximum absolute atomic E-state index is 12.5. The first-order valence-electron chi connectivity index (χ1n) is 8.18. The van der Waals surface area contributed by atoms with Gasteiger partial charge in [-0.25, -0.2) is 9.78 Å². The minimum Gasteiger partial charge on any atom is -0.452 e. The number of halogens is 2. The molecular formula is C19H15Cl2N3O4. The van der Waals surface area contributed by atoms with E-state index in [1.54, 1.807) is 26.0 Å². The van der Waals surface area contributed by atoms with Crippen LogP contribution in [0.4, 0.5) is 5.82 Å². The Balaban J connectivity index is 1.69. The molecule has 3 aromatic rings. The van der Waals surface area contributed by atoms with Gasteiger partial charge in [0.05, 0.1) is 15.7 Å². The van der Waals surface area contributed by atoms with Crippen molar-refractivity contribution < 1.29 is 18.8 Å². The van der Waals surface area contributed by atoms with Crippen molar-refractivity contribution in [3.63, 3.8) is 0 Å². The molecule has 0 aliphatic carbocycles. The van der Waals surface area contributed by atoms with Crippen molar-refractivity contribution in [3.05, 3.63) is 63.5 Å². The van der Waals surface area contributed by atoms with E-state index >= 15 is 0 Å². The van der Waals surface area contributed by atoms with Crippen molar-refractivity contribution in [2.24, 2.45) is 0 Å². The van der Waals surface area contributed by atoms with Crippen molar-refractivity contribution in [2.75, 3.05) is 11.9 Å². The topological polar surface area (TPSA) is 94.3 Å². The zero-order valence-electron chi connectivity index (χ0n) is 15.0. The molecular weight excluding hydrogens is 405 g/mol. The van der Waals surface area contributed by atoms with Crippen LogP contribution in [0, 0.1) is 13.8 Å². The lowest BCUT2D eigenvalue weighted by atomic mass is 10.1. The number of hydrogen-bond donors (Lipinski definition) is 1. The number of benzene rings is 1. The molecule has 0 saturated carbocycles. The highest BCUT2D eigenvalue weighted by molar-refractivity contribution is 6.36.